The van der Waals surface area contributed by atoms with Crippen LogP contribution in [0.1, 0.15) is 20.3 Å². The van der Waals surface area contributed by atoms with Gasteiger partial charge in [-0.2, -0.15) is 0 Å². The molecular formula is C11H19N3O. The van der Waals surface area contributed by atoms with Gasteiger partial charge in [-0.1, -0.05) is 6.92 Å². The molecule has 1 rings (SSSR count). The van der Waals surface area contributed by atoms with Gasteiger partial charge in [0, 0.05) is 18.8 Å². The lowest BCUT2D eigenvalue weighted by Gasteiger charge is -2.12. The number of nitrogens with two attached hydrogens (primary N) is 1. The first-order chi connectivity index (χ1) is 7.24. The quantitative estimate of drug-likeness (QED) is 0.747. The molecule has 0 radical (unpaired) electrons. The van der Waals surface area contributed by atoms with Crippen LogP contribution >= 0.6 is 0 Å². The van der Waals surface area contributed by atoms with Crippen molar-refractivity contribution in [1.82, 2.24) is 4.98 Å². The van der Waals surface area contributed by atoms with E-state index in [9.17, 15) is 0 Å². The zero-order valence-corrected chi connectivity index (χ0v) is 9.36. The minimum absolute atomic E-state index is 0.103. The van der Waals surface area contributed by atoms with Gasteiger partial charge in [0.1, 0.15) is 0 Å². The highest BCUT2D eigenvalue weighted by Crippen LogP contribution is 2.20. The van der Waals surface area contributed by atoms with Crippen LogP contribution in [0.3, 0.4) is 0 Å². The molecule has 0 aliphatic carbocycles. The molecule has 4 nitrogen and oxygen atoms in total. The van der Waals surface area contributed by atoms with Crippen LogP contribution in [0.2, 0.25) is 0 Å². The van der Waals surface area contributed by atoms with Crippen molar-refractivity contribution in [2.75, 3.05) is 18.5 Å². The maximum Gasteiger partial charge on any atom is 0.168 e. The molecule has 0 bridgehead atoms. The summed E-state index contributed by atoms with van der Waals surface area (Å²) >= 11 is 0. The fourth-order valence-corrected chi connectivity index (χ4v) is 1.11. The Labute approximate surface area is 90.8 Å². The Morgan fingerprint density at radius 3 is 3.07 bits per heavy atom. The molecule has 3 N–H and O–H groups in total. The van der Waals surface area contributed by atoms with Crippen molar-refractivity contribution in [1.29, 1.82) is 0 Å². The van der Waals surface area contributed by atoms with Crippen molar-refractivity contribution >= 4 is 5.82 Å². The summed E-state index contributed by atoms with van der Waals surface area (Å²) in [4.78, 5) is 4.21. The second-order valence-electron chi connectivity index (χ2n) is 3.56. The van der Waals surface area contributed by atoms with E-state index in [4.69, 9.17) is 10.5 Å². The van der Waals surface area contributed by atoms with E-state index >= 15 is 0 Å². The van der Waals surface area contributed by atoms with E-state index in [0.29, 0.717) is 13.2 Å². The first-order valence-electron chi connectivity index (χ1n) is 5.31. The molecule has 1 aromatic heterocycles. The summed E-state index contributed by atoms with van der Waals surface area (Å²) in [7, 11) is 0. The Hall–Kier alpha value is -1.29. The smallest absolute Gasteiger partial charge is 0.168 e. The number of pyridine rings is 1. The number of rotatable bonds is 6. The zero-order valence-electron chi connectivity index (χ0n) is 9.36. The van der Waals surface area contributed by atoms with Crippen LogP contribution in [0, 0.1) is 0 Å². The lowest BCUT2D eigenvalue weighted by atomic mass is 10.3. The molecule has 0 saturated carbocycles. The predicted octanol–water partition coefficient (Wildman–Crippen LogP) is 1.63. The fraction of sp³-hybridized carbons (Fsp3) is 0.545. The molecule has 1 aromatic rings. The third-order valence-electron chi connectivity index (χ3n) is 1.82. The lowest BCUT2D eigenvalue weighted by Crippen LogP contribution is -2.25. The van der Waals surface area contributed by atoms with E-state index in [2.05, 4.69) is 17.2 Å². The van der Waals surface area contributed by atoms with Gasteiger partial charge < -0.3 is 15.8 Å². The van der Waals surface area contributed by atoms with Crippen molar-refractivity contribution in [3.63, 3.8) is 0 Å². The Balaban J connectivity index is 2.59. The van der Waals surface area contributed by atoms with Gasteiger partial charge in [-0.25, -0.2) is 4.98 Å². The third kappa shape index (κ3) is 4.16. The third-order valence-corrected chi connectivity index (χ3v) is 1.82. The van der Waals surface area contributed by atoms with E-state index < -0.39 is 0 Å². The highest BCUT2D eigenvalue weighted by atomic mass is 16.5. The maximum atomic E-state index is 5.66. The van der Waals surface area contributed by atoms with Gasteiger partial charge in [0.15, 0.2) is 11.6 Å². The Kier molecular flexibility index (Phi) is 4.90. The highest BCUT2D eigenvalue weighted by Gasteiger charge is 2.03. The Bertz CT molecular complexity index is 289. The molecular weight excluding hydrogens is 190 g/mol. The first kappa shape index (κ1) is 11.8. The molecule has 0 aliphatic rings. The monoisotopic (exact) mass is 209 g/mol. The van der Waals surface area contributed by atoms with E-state index in [-0.39, 0.29) is 6.04 Å². The van der Waals surface area contributed by atoms with Crippen molar-refractivity contribution in [3.8, 4) is 5.75 Å². The van der Waals surface area contributed by atoms with Crippen LogP contribution in [0.25, 0.3) is 0 Å². The normalized spacial score (nSPS) is 12.2. The average Bonchev–Trinajstić information content (AvgIpc) is 2.24. The fourth-order valence-electron chi connectivity index (χ4n) is 1.11. The molecule has 1 atom stereocenters. The topological polar surface area (TPSA) is 60.2 Å². The summed E-state index contributed by atoms with van der Waals surface area (Å²) in [6.07, 6.45) is 2.73. The van der Waals surface area contributed by atoms with Crippen molar-refractivity contribution in [2.45, 2.75) is 26.3 Å². The summed E-state index contributed by atoms with van der Waals surface area (Å²) in [5.41, 5.74) is 5.66. The summed E-state index contributed by atoms with van der Waals surface area (Å²) in [6.45, 7) is 5.42. The second-order valence-corrected chi connectivity index (χ2v) is 3.56. The highest BCUT2D eigenvalue weighted by molar-refractivity contribution is 5.49. The Morgan fingerprint density at radius 2 is 2.40 bits per heavy atom. The molecule has 84 valence electrons. The average molecular weight is 209 g/mol. The van der Waals surface area contributed by atoms with Crippen molar-refractivity contribution < 1.29 is 4.74 Å². The summed E-state index contributed by atoms with van der Waals surface area (Å²) < 4.78 is 5.55. The van der Waals surface area contributed by atoms with Gasteiger partial charge in [0.05, 0.1) is 6.61 Å². The molecule has 4 heteroatoms. The second kappa shape index (κ2) is 6.24. The number of hydrogen-bond acceptors (Lipinski definition) is 4. The van der Waals surface area contributed by atoms with Crippen molar-refractivity contribution in [3.05, 3.63) is 18.3 Å². The van der Waals surface area contributed by atoms with Crippen LogP contribution in [-0.4, -0.2) is 24.2 Å². The van der Waals surface area contributed by atoms with Gasteiger partial charge in [0.25, 0.3) is 0 Å². The molecule has 0 amide bonds. The van der Waals surface area contributed by atoms with Gasteiger partial charge in [-0.05, 0) is 25.5 Å². The van der Waals surface area contributed by atoms with E-state index in [1.807, 2.05) is 19.1 Å². The van der Waals surface area contributed by atoms with E-state index in [0.717, 1.165) is 18.0 Å². The van der Waals surface area contributed by atoms with Crippen LogP contribution in [0.4, 0.5) is 5.82 Å². The number of nitrogens with one attached hydrogen (secondary N) is 1. The molecule has 0 spiro atoms. The van der Waals surface area contributed by atoms with Crippen LogP contribution in [0.15, 0.2) is 18.3 Å². The summed E-state index contributed by atoms with van der Waals surface area (Å²) in [5.74, 6) is 1.56. The first-order valence-corrected chi connectivity index (χ1v) is 5.31. The SMILES string of the molecule is CCCOc1cccnc1NCC(C)N. The predicted molar refractivity (Wildman–Crippen MR) is 62.2 cm³/mol. The van der Waals surface area contributed by atoms with E-state index in [1.54, 1.807) is 6.20 Å². The minimum Gasteiger partial charge on any atom is -0.490 e. The largest absolute Gasteiger partial charge is 0.490 e. The summed E-state index contributed by atoms with van der Waals surface area (Å²) in [5, 5.41) is 3.16. The van der Waals surface area contributed by atoms with Gasteiger partial charge in [0.2, 0.25) is 0 Å². The van der Waals surface area contributed by atoms with Crippen LogP contribution in [0.5, 0.6) is 5.75 Å². The zero-order chi connectivity index (χ0) is 11.1. The summed E-state index contributed by atoms with van der Waals surface area (Å²) in [6, 6.07) is 3.87. The standard InChI is InChI=1S/C11H19N3O/c1-3-7-15-10-5-4-6-13-11(10)14-8-9(2)12/h4-6,9H,3,7-8,12H2,1-2H3,(H,13,14). The maximum absolute atomic E-state index is 5.66. The number of anilines is 1. The Morgan fingerprint density at radius 1 is 1.60 bits per heavy atom. The minimum atomic E-state index is 0.103. The van der Waals surface area contributed by atoms with Crippen LogP contribution in [-0.2, 0) is 0 Å². The number of hydrogen-bond donors (Lipinski definition) is 2. The number of nitrogens with zero attached hydrogens (tertiary/aromatic N) is 1. The van der Waals surface area contributed by atoms with Crippen LogP contribution < -0.4 is 15.8 Å². The molecule has 1 heterocycles. The number of ether oxygens (including phenoxy) is 1. The van der Waals surface area contributed by atoms with E-state index in [1.165, 1.54) is 0 Å². The van der Waals surface area contributed by atoms with Gasteiger partial charge in [-0.15, -0.1) is 0 Å². The molecule has 0 saturated heterocycles. The lowest BCUT2D eigenvalue weighted by molar-refractivity contribution is 0.317. The molecule has 0 aromatic carbocycles. The number of aromatic nitrogens is 1. The van der Waals surface area contributed by atoms with Gasteiger partial charge >= 0.3 is 0 Å². The molecule has 15 heavy (non-hydrogen) atoms. The molecule has 0 fully saturated rings. The molecule has 0 aliphatic heterocycles. The molecule has 1 unspecified atom stereocenters. The van der Waals surface area contributed by atoms with Crippen molar-refractivity contribution in [2.24, 2.45) is 5.73 Å². The van der Waals surface area contributed by atoms with Gasteiger partial charge in [-0.3, -0.25) is 0 Å².